The Morgan fingerprint density at radius 3 is 2.58 bits per heavy atom. The van der Waals surface area contributed by atoms with E-state index in [0.29, 0.717) is 18.2 Å². The quantitative estimate of drug-likeness (QED) is 0.803. The third-order valence-electron chi connectivity index (χ3n) is 5.45. The van der Waals surface area contributed by atoms with Crippen LogP contribution in [0.5, 0.6) is 0 Å². The number of hydrogen-bond donors (Lipinski definition) is 0. The molecule has 1 amide bonds. The molecule has 0 N–H and O–H groups in total. The van der Waals surface area contributed by atoms with Crippen molar-refractivity contribution in [1.82, 2.24) is 14.7 Å². The molecule has 0 saturated carbocycles. The van der Waals surface area contributed by atoms with Crippen LogP contribution in [0.1, 0.15) is 36.8 Å². The normalized spacial score (nSPS) is 22.5. The van der Waals surface area contributed by atoms with Crippen LogP contribution in [0.3, 0.4) is 0 Å². The van der Waals surface area contributed by atoms with Crippen LogP contribution in [-0.2, 0) is 17.9 Å². The first-order chi connectivity index (χ1) is 11.6. The van der Waals surface area contributed by atoms with Crippen molar-refractivity contribution >= 4 is 5.91 Å². The molecular formula is C20H31N3O. The van der Waals surface area contributed by atoms with E-state index in [1.54, 1.807) is 0 Å². The van der Waals surface area contributed by atoms with Crippen LogP contribution in [0, 0.1) is 5.92 Å². The number of carbonyl (C=O) groups is 1. The second-order valence-electron chi connectivity index (χ2n) is 7.63. The molecule has 1 aromatic carbocycles. The van der Waals surface area contributed by atoms with Crippen molar-refractivity contribution in [2.75, 3.05) is 40.3 Å². The molecule has 1 aromatic rings. The molecule has 2 fully saturated rings. The Labute approximate surface area is 146 Å². The van der Waals surface area contributed by atoms with Crippen LogP contribution in [0.2, 0.25) is 0 Å². The maximum atomic E-state index is 11.6. The highest BCUT2D eigenvalue weighted by Gasteiger charge is 2.24. The molecular weight excluding hydrogens is 298 g/mol. The number of carbonyl (C=O) groups excluding carboxylic acids is 1. The van der Waals surface area contributed by atoms with Gasteiger partial charge in [0.2, 0.25) is 5.91 Å². The minimum Gasteiger partial charge on any atom is -0.345 e. The van der Waals surface area contributed by atoms with E-state index in [4.69, 9.17) is 0 Å². The predicted octanol–water partition coefficient (Wildman–Crippen LogP) is 2.58. The van der Waals surface area contributed by atoms with Gasteiger partial charge in [0.05, 0.1) is 0 Å². The average molecular weight is 329 g/mol. The molecule has 2 heterocycles. The Morgan fingerprint density at radius 1 is 1.17 bits per heavy atom. The third-order valence-corrected chi connectivity index (χ3v) is 5.45. The van der Waals surface area contributed by atoms with E-state index in [9.17, 15) is 4.79 Å². The molecule has 0 aliphatic carbocycles. The fourth-order valence-corrected chi connectivity index (χ4v) is 4.09. The molecule has 0 spiro atoms. The molecule has 2 saturated heterocycles. The lowest BCUT2D eigenvalue weighted by atomic mass is 9.97. The van der Waals surface area contributed by atoms with Crippen molar-refractivity contribution in [1.29, 1.82) is 0 Å². The van der Waals surface area contributed by atoms with Crippen LogP contribution < -0.4 is 0 Å². The Balaban J connectivity index is 1.55. The van der Waals surface area contributed by atoms with Gasteiger partial charge < -0.3 is 9.80 Å². The molecule has 2 aliphatic heterocycles. The molecule has 24 heavy (non-hydrogen) atoms. The summed E-state index contributed by atoms with van der Waals surface area (Å²) in [7, 11) is 4.14. The maximum absolute atomic E-state index is 11.6. The second kappa shape index (κ2) is 8.13. The molecule has 1 unspecified atom stereocenters. The van der Waals surface area contributed by atoms with Crippen LogP contribution in [-0.4, -0.2) is 60.9 Å². The zero-order valence-corrected chi connectivity index (χ0v) is 15.2. The zero-order chi connectivity index (χ0) is 16.9. The number of nitrogens with zero attached hydrogens (tertiary/aromatic N) is 3. The predicted molar refractivity (Wildman–Crippen MR) is 97.6 cm³/mol. The van der Waals surface area contributed by atoms with Gasteiger partial charge in [-0.05, 0) is 56.4 Å². The molecule has 0 radical (unpaired) electrons. The standard InChI is InChI=1S/C20H31N3O/c1-21(13-17-9-10-20(24)22(2)14-17)15-18-7-3-4-8-19(18)16-23-11-5-6-12-23/h3-4,7-8,17H,5-6,9-16H2,1-2H3. The van der Waals surface area contributed by atoms with E-state index < -0.39 is 0 Å². The highest BCUT2D eigenvalue weighted by Crippen LogP contribution is 2.20. The van der Waals surface area contributed by atoms with E-state index in [1.807, 2.05) is 11.9 Å². The zero-order valence-electron chi connectivity index (χ0n) is 15.2. The molecule has 0 bridgehead atoms. The van der Waals surface area contributed by atoms with Gasteiger partial charge in [0, 0.05) is 39.6 Å². The highest BCUT2D eigenvalue weighted by molar-refractivity contribution is 5.76. The smallest absolute Gasteiger partial charge is 0.222 e. The van der Waals surface area contributed by atoms with Gasteiger partial charge in [-0.15, -0.1) is 0 Å². The van der Waals surface area contributed by atoms with Crippen LogP contribution in [0.25, 0.3) is 0 Å². The van der Waals surface area contributed by atoms with Crippen molar-refractivity contribution in [3.63, 3.8) is 0 Å². The molecule has 2 aliphatic rings. The van der Waals surface area contributed by atoms with Crippen molar-refractivity contribution in [2.45, 2.75) is 38.8 Å². The van der Waals surface area contributed by atoms with Gasteiger partial charge in [0.15, 0.2) is 0 Å². The van der Waals surface area contributed by atoms with Crippen molar-refractivity contribution in [3.8, 4) is 0 Å². The Bertz CT molecular complexity index is 554. The first-order valence-corrected chi connectivity index (χ1v) is 9.33. The number of rotatable bonds is 6. The first-order valence-electron chi connectivity index (χ1n) is 9.33. The van der Waals surface area contributed by atoms with Crippen LogP contribution >= 0.6 is 0 Å². The van der Waals surface area contributed by atoms with Crippen LogP contribution in [0.15, 0.2) is 24.3 Å². The summed E-state index contributed by atoms with van der Waals surface area (Å²) in [6, 6.07) is 8.88. The summed E-state index contributed by atoms with van der Waals surface area (Å²) < 4.78 is 0. The topological polar surface area (TPSA) is 26.8 Å². The summed E-state index contributed by atoms with van der Waals surface area (Å²) in [5.74, 6) is 0.897. The first kappa shape index (κ1) is 17.4. The average Bonchev–Trinajstić information content (AvgIpc) is 3.06. The minimum absolute atomic E-state index is 0.296. The van der Waals surface area contributed by atoms with E-state index in [2.05, 4.69) is 41.1 Å². The number of likely N-dealkylation sites (tertiary alicyclic amines) is 2. The van der Waals surface area contributed by atoms with Gasteiger partial charge in [-0.1, -0.05) is 24.3 Å². The number of benzene rings is 1. The third kappa shape index (κ3) is 4.58. The SMILES string of the molecule is CN(Cc1ccccc1CN1CCCC1)CC1CCC(=O)N(C)C1. The second-order valence-corrected chi connectivity index (χ2v) is 7.63. The van der Waals surface area contributed by atoms with Gasteiger partial charge in [0.1, 0.15) is 0 Å². The Morgan fingerprint density at radius 2 is 1.88 bits per heavy atom. The number of hydrogen-bond acceptors (Lipinski definition) is 3. The lowest BCUT2D eigenvalue weighted by Crippen LogP contribution is -2.41. The fraction of sp³-hybridized carbons (Fsp3) is 0.650. The molecule has 3 rings (SSSR count). The lowest BCUT2D eigenvalue weighted by molar-refractivity contribution is -0.133. The molecule has 0 aromatic heterocycles. The summed E-state index contributed by atoms with van der Waals surface area (Å²) in [6.45, 7) is 6.54. The molecule has 4 nitrogen and oxygen atoms in total. The molecule has 1 atom stereocenters. The van der Waals surface area contributed by atoms with E-state index in [0.717, 1.165) is 32.6 Å². The lowest BCUT2D eigenvalue weighted by Gasteiger charge is -2.32. The summed E-state index contributed by atoms with van der Waals surface area (Å²) in [4.78, 5) is 18.5. The van der Waals surface area contributed by atoms with E-state index >= 15 is 0 Å². The minimum atomic E-state index is 0.296. The van der Waals surface area contributed by atoms with Crippen molar-refractivity contribution in [2.24, 2.45) is 5.92 Å². The largest absolute Gasteiger partial charge is 0.345 e. The monoisotopic (exact) mass is 329 g/mol. The molecule has 4 heteroatoms. The summed E-state index contributed by atoms with van der Waals surface area (Å²) in [6.07, 6.45) is 4.43. The van der Waals surface area contributed by atoms with Gasteiger partial charge in [-0.25, -0.2) is 0 Å². The summed E-state index contributed by atoms with van der Waals surface area (Å²) in [5.41, 5.74) is 2.93. The van der Waals surface area contributed by atoms with Crippen molar-refractivity contribution in [3.05, 3.63) is 35.4 Å². The molecule has 132 valence electrons. The van der Waals surface area contributed by atoms with Crippen molar-refractivity contribution < 1.29 is 4.79 Å². The summed E-state index contributed by atoms with van der Waals surface area (Å²) in [5, 5.41) is 0. The Kier molecular flexibility index (Phi) is 5.90. The number of piperidine rings is 1. The van der Waals surface area contributed by atoms with Gasteiger partial charge in [-0.2, -0.15) is 0 Å². The fourth-order valence-electron chi connectivity index (χ4n) is 4.09. The van der Waals surface area contributed by atoms with E-state index in [-0.39, 0.29) is 0 Å². The van der Waals surface area contributed by atoms with Gasteiger partial charge >= 0.3 is 0 Å². The van der Waals surface area contributed by atoms with Gasteiger partial charge in [0.25, 0.3) is 0 Å². The number of amides is 1. The Hall–Kier alpha value is -1.39. The maximum Gasteiger partial charge on any atom is 0.222 e. The highest BCUT2D eigenvalue weighted by atomic mass is 16.2. The van der Waals surface area contributed by atoms with E-state index in [1.165, 1.54) is 37.1 Å². The van der Waals surface area contributed by atoms with Gasteiger partial charge in [-0.3, -0.25) is 9.69 Å². The summed E-state index contributed by atoms with van der Waals surface area (Å²) >= 11 is 0. The van der Waals surface area contributed by atoms with Crippen LogP contribution in [0.4, 0.5) is 0 Å².